The van der Waals surface area contributed by atoms with Gasteiger partial charge in [-0.05, 0) is 31.4 Å². The van der Waals surface area contributed by atoms with E-state index in [9.17, 15) is 4.79 Å². The van der Waals surface area contributed by atoms with E-state index in [0.29, 0.717) is 6.61 Å². The summed E-state index contributed by atoms with van der Waals surface area (Å²) < 4.78 is 4.89. The third kappa shape index (κ3) is 5.64. The highest BCUT2D eigenvalue weighted by molar-refractivity contribution is 6.54. The van der Waals surface area contributed by atoms with Crippen LogP contribution in [-0.2, 0) is 14.3 Å². The molecule has 1 fully saturated rings. The van der Waals surface area contributed by atoms with Crippen molar-refractivity contribution in [2.75, 3.05) is 6.61 Å². The zero-order valence-corrected chi connectivity index (χ0v) is 8.55. The lowest BCUT2D eigenvalue weighted by molar-refractivity contribution is -0.147. The van der Waals surface area contributed by atoms with Crippen molar-refractivity contribution in [1.82, 2.24) is 0 Å². The Morgan fingerprint density at radius 1 is 1.54 bits per heavy atom. The molecule has 0 bridgehead atoms. The first kappa shape index (κ1) is 12.4. The van der Waals surface area contributed by atoms with Crippen LogP contribution in [-0.4, -0.2) is 18.3 Å². The number of hydrogen-bond donors (Lipinski definition) is 0. The van der Waals surface area contributed by atoms with Gasteiger partial charge in [-0.2, -0.15) is 0 Å². The van der Waals surface area contributed by atoms with E-state index in [1.807, 2.05) is 6.92 Å². The van der Waals surface area contributed by atoms with E-state index in [1.165, 1.54) is 12.8 Å². The van der Waals surface area contributed by atoms with Gasteiger partial charge >= 0.3 is 5.97 Å². The van der Waals surface area contributed by atoms with Gasteiger partial charge in [0.25, 0.3) is 0 Å². The summed E-state index contributed by atoms with van der Waals surface area (Å²) in [6.45, 7) is 2.38. The highest BCUT2D eigenvalue weighted by Gasteiger charge is 2.23. The lowest BCUT2D eigenvalue weighted by Crippen LogP contribution is -2.13. The molecule has 13 heavy (non-hydrogen) atoms. The van der Waals surface area contributed by atoms with E-state index >= 15 is 0 Å². The van der Waals surface area contributed by atoms with Crippen molar-refractivity contribution in [3.8, 4) is 0 Å². The second-order valence-corrected chi connectivity index (χ2v) is 3.00. The fourth-order valence-corrected chi connectivity index (χ4v) is 1.42. The van der Waals surface area contributed by atoms with Gasteiger partial charge in [0.15, 0.2) is 0 Å². The largest absolute Gasteiger partial charge is 0.466 e. The van der Waals surface area contributed by atoms with Crippen LogP contribution in [0.15, 0.2) is 0 Å². The van der Waals surface area contributed by atoms with Crippen LogP contribution in [0.4, 0.5) is 0 Å². The fraction of sp³-hybridized carbons (Fsp3) is 0.778. The third-order valence-corrected chi connectivity index (χ3v) is 1.98. The van der Waals surface area contributed by atoms with Crippen molar-refractivity contribution in [2.45, 2.75) is 32.6 Å². The Balaban J connectivity index is 0.000000424. The van der Waals surface area contributed by atoms with Crippen molar-refractivity contribution >= 4 is 23.3 Å². The van der Waals surface area contributed by atoms with Crippen molar-refractivity contribution in [3.05, 3.63) is 0 Å². The van der Waals surface area contributed by atoms with E-state index < -0.39 is 0 Å². The number of esters is 1. The maximum Gasteiger partial charge on any atom is 0.308 e. The average molecular weight is 207 g/mol. The minimum absolute atomic E-state index is 0.0139. The molecule has 0 unspecified atom stereocenters. The number of hydrogen-bond acceptors (Lipinski definition) is 3. The number of rotatable bonds is 2. The summed E-state index contributed by atoms with van der Waals surface area (Å²) in [5.74, 6) is 0.458. The molecule has 0 aromatic heterocycles. The van der Waals surface area contributed by atoms with Crippen molar-refractivity contribution in [2.24, 2.45) is 5.92 Å². The molecule has 0 aromatic rings. The number of carbonyl (C=O) groups excluding carboxylic acids is 2. The maximum atomic E-state index is 11.0. The molecule has 0 spiro atoms. The van der Waals surface area contributed by atoms with Crippen LogP contribution in [0.25, 0.3) is 0 Å². The lowest BCUT2D eigenvalue weighted by atomic mass is 10.1. The van der Waals surface area contributed by atoms with Gasteiger partial charge in [0, 0.05) is 0 Å². The second kappa shape index (κ2) is 8.05. The Morgan fingerprint density at radius 2 is 2.00 bits per heavy atom. The lowest BCUT2D eigenvalue weighted by Gasteiger charge is -2.06. The quantitative estimate of drug-likeness (QED) is 0.395. The van der Waals surface area contributed by atoms with E-state index in [4.69, 9.17) is 9.53 Å². The predicted molar refractivity (Wildman–Crippen MR) is 51.2 cm³/mol. The third-order valence-electron chi connectivity index (χ3n) is 1.98. The molecule has 0 atom stereocenters. The highest BCUT2D eigenvalue weighted by atomic mass is 35.5. The van der Waals surface area contributed by atoms with Crippen molar-refractivity contribution < 1.29 is 14.3 Å². The first-order chi connectivity index (χ1) is 6.26. The van der Waals surface area contributed by atoms with E-state index in [2.05, 4.69) is 11.6 Å². The molecule has 0 radical (unpaired) electrons. The molecule has 4 heteroatoms. The minimum Gasteiger partial charge on any atom is -0.466 e. The smallest absolute Gasteiger partial charge is 0.308 e. The zero-order valence-electron chi connectivity index (χ0n) is 7.79. The van der Waals surface area contributed by atoms with Crippen molar-refractivity contribution in [1.29, 1.82) is 0 Å². The van der Waals surface area contributed by atoms with Crippen LogP contribution >= 0.6 is 11.6 Å². The number of ether oxygens (including phenoxy) is 1. The molecule has 1 saturated carbocycles. The van der Waals surface area contributed by atoms with E-state index in [1.54, 1.807) is 0 Å². The summed E-state index contributed by atoms with van der Waals surface area (Å²) in [7, 11) is 0. The monoisotopic (exact) mass is 206 g/mol. The molecule has 0 saturated heterocycles. The zero-order chi connectivity index (χ0) is 10.1. The summed E-state index contributed by atoms with van der Waals surface area (Å²) in [6, 6.07) is 0. The van der Waals surface area contributed by atoms with Gasteiger partial charge in [-0.1, -0.05) is 12.8 Å². The molecule has 0 heterocycles. The summed E-state index contributed by atoms with van der Waals surface area (Å²) >= 11 is 4.32. The summed E-state index contributed by atoms with van der Waals surface area (Å²) in [5, 5.41) is 0. The molecule has 0 N–H and O–H groups in total. The molecule has 0 amide bonds. The maximum absolute atomic E-state index is 11.0. The molecule has 76 valence electrons. The van der Waals surface area contributed by atoms with Crippen LogP contribution in [0.2, 0.25) is 0 Å². The van der Waals surface area contributed by atoms with Crippen molar-refractivity contribution in [3.63, 3.8) is 0 Å². The molecular weight excluding hydrogens is 192 g/mol. The molecule has 3 nitrogen and oxygen atoms in total. The summed E-state index contributed by atoms with van der Waals surface area (Å²) in [4.78, 5) is 19.6. The Kier molecular flexibility index (Phi) is 7.69. The van der Waals surface area contributed by atoms with Gasteiger partial charge in [0.2, 0.25) is 5.75 Å². The summed E-state index contributed by atoms with van der Waals surface area (Å²) in [5.41, 5.74) is 0. The number of halogens is 1. The molecule has 0 aliphatic heterocycles. The normalized spacial score (nSPS) is 15.8. The first-order valence-electron chi connectivity index (χ1n) is 4.46. The van der Waals surface area contributed by atoms with Crippen LogP contribution in [0.1, 0.15) is 32.6 Å². The van der Waals surface area contributed by atoms with Crippen LogP contribution in [0, 0.1) is 5.92 Å². The Hall–Kier alpha value is -0.570. The number of carbonyl (C=O) groups is 2. The van der Waals surface area contributed by atoms with Gasteiger partial charge in [-0.25, -0.2) is 0 Å². The van der Waals surface area contributed by atoms with Crippen LogP contribution in [0.3, 0.4) is 0 Å². The minimum atomic E-state index is 0.0139. The molecule has 1 rings (SSSR count). The van der Waals surface area contributed by atoms with Crippen LogP contribution < -0.4 is 0 Å². The van der Waals surface area contributed by atoms with E-state index in [0.717, 1.165) is 12.8 Å². The highest BCUT2D eigenvalue weighted by Crippen LogP contribution is 2.25. The standard InChI is InChI=1S/C8H14O2.CHClO/c1-2-10-8(9)7-5-3-4-6-7;2-1-3/h7H,2-6H2,1H3;1H. The van der Waals surface area contributed by atoms with Gasteiger partial charge in [0.05, 0.1) is 12.5 Å². The van der Waals surface area contributed by atoms with Gasteiger partial charge < -0.3 is 4.74 Å². The fourth-order valence-electron chi connectivity index (χ4n) is 1.42. The second-order valence-electron chi connectivity index (χ2n) is 2.82. The predicted octanol–water partition coefficient (Wildman–Crippen LogP) is 2.16. The molecular formula is C9H15ClO3. The summed E-state index contributed by atoms with van der Waals surface area (Å²) in [6.07, 6.45) is 4.48. The van der Waals surface area contributed by atoms with Gasteiger partial charge in [-0.3, -0.25) is 9.59 Å². The van der Waals surface area contributed by atoms with E-state index in [-0.39, 0.29) is 17.6 Å². The average Bonchev–Trinajstić information content (AvgIpc) is 2.58. The van der Waals surface area contributed by atoms with Crippen LogP contribution in [0.5, 0.6) is 0 Å². The Labute approximate surface area is 83.4 Å². The molecule has 1 aliphatic rings. The molecule has 1 aliphatic carbocycles. The molecule has 0 aromatic carbocycles. The van der Waals surface area contributed by atoms with Gasteiger partial charge in [-0.15, -0.1) is 0 Å². The first-order valence-corrected chi connectivity index (χ1v) is 4.90. The Bertz CT molecular complexity index is 153. The topological polar surface area (TPSA) is 43.4 Å². The van der Waals surface area contributed by atoms with Gasteiger partial charge in [0.1, 0.15) is 0 Å². The SMILES string of the molecule is CCOC(=O)C1CCCC1.O=CCl. The Morgan fingerprint density at radius 3 is 2.38 bits per heavy atom.